The van der Waals surface area contributed by atoms with Crippen molar-refractivity contribution in [2.24, 2.45) is 12.5 Å². The predicted octanol–water partition coefficient (Wildman–Crippen LogP) is 3.33. The number of ether oxygens (including phenoxy) is 1. The molecule has 14 heteroatoms. The SMILES string of the molecule is Cc1nn(-c2nccc(-c3cc(Nc4ccc(N5CCN(C6COC6)C[C@@H]5C)cn4)c(=O)n(C)c3)c2CO)c(=O)c2cc3c(n12)CC(C)(C)C3.S. The second-order valence-corrected chi connectivity index (χ2v) is 14.8. The highest BCUT2D eigenvalue weighted by Crippen LogP contribution is 2.38. The molecule has 0 unspecified atom stereocenters. The molecule has 51 heavy (non-hydrogen) atoms. The second-order valence-electron chi connectivity index (χ2n) is 14.8. The van der Waals surface area contributed by atoms with Crippen molar-refractivity contribution in [2.45, 2.75) is 59.2 Å². The van der Waals surface area contributed by atoms with Crippen molar-refractivity contribution in [3.63, 3.8) is 0 Å². The molecule has 7 heterocycles. The number of piperazine rings is 1. The number of nitrogens with zero attached hydrogens (tertiary/aromatic N) is 8. The fourth-order valence-corrected chi connectivity index (χ4v) is 7.93. The quantitative estimate of drug-likeness (QED) is 0.259. The van der Waals surface area contributed by atoms with E-state index in [-0.39, 0.29) is 35.8 Å². The topological polar surface area (TPSA) is 135 Å². The van der Waals surface area contributed by atoms with E-state index in [0.29, 0.717) is 51.6 Å². The van der Waals surface area contributed by atoms with Crippen molar-refractivity contribution < 1.29 is 9.84 Å². The fourth-order valence-electron chi connectivity index (χ4n) is 7.93. The van der Waals surface area contributed by atoms with Crippen LogP contribution in [0.5, 0.6) is 0 Å². The third-order valence-electron chi connectivity index (χ3n) is 10.5. The van der Waals surface area contributed by atoms with E-state index in [0.717, 1.165) is 57.1 Å². The normalized spacial score (nSPS) is 18.8. The van der Waals surface area contributed by atoms with Gasteiger partial charge in [-0.2, -0.15) is 18.2 Å². The Morgan fingerprint density at radius 3 is 2.55 bits per heavy atom. The van der Waals surface area contributed by atoms with Gasteiger partial charge < -0.3 is 24.6 Å². The summed E-state index contributed by atoms with van der Waals surface area (Å²) in [6.45, 7) is 12.7. The van der Waals surface area contributed by atoms with Crippen LogP contribution in [-0.2, 0) is 31.2 Å². The maximum atomic E-state index is 13.9. The van der Waals surface area contributed by atoms with Crippen molar-refractivity contribution in [2.75, 3.05) is 43.1 Å². The number of aliphatic hydroxyl groups excluding tert-OH is 1. The zero-order valence-corrected chi connectivity index (χ0v) is 30.7. The van der Waals surface area contributed by atoms with Gasteiger partial charge in [0.1, 0.15) is 22.8 Å². The first kappa shape index (κ1) is 34.9. The standard InChI is InChI=1S/C37H43N9O4.H2S/c1-22-17-43(27-20-50-21-27)10-11-44(22)26-6-7-33(39-16-26)40-30-12-25(18-42(5)35(30)48)28-8-9-38-34(29(28)19-47)46-36(49)31-13-24-14-37(3,4)15-32(24)45(31)23(2)41-46;/h6-9,12-13,16,18,22,27,47H,10-11,14-15,17,19-21H2,1-5H3,(H,39,40);1H2/t22-;/m0./s1. The Morgan fingerprint density at radius 1 is 1.06 bits per heavy atom. The molecule has 3 aliphatic rings. The van der Waals surface area contributed by atoms with Gasteiger partial charge in [-0.3, -0.25) is 18.9 Å². The molecule has 268 valence electrons. The van der Waals surface area contributed by atoms with E-state index in [1.54, 1.807) is 31.6 Å². The van der Waals surface area contributed by atoms with Gasteiger partial charge in [0.05, 0.1) is 37.7 Å². The minimum Gasteiger partial charge on any atom is -0.392 e. The number of pyridine rings is 3. The number of aryl methyl sites for hydroxylation is 2. The van der Waals surface area contributed by atoms with E-state index < -0.39 is 6.61 Å². The Kier molecular flexibility index (Phi) is 9.07. The lowest BCUT2D eigenvalue weighted by Crippen LogP contribution is -2.59. The summed E-state index contributed by atoms with van der Waals surface area (Å²) in [5, 5.41) is 18.6. The van der Waals surface area contributed by atoms with Crippen LogP contribution < -0.4 is 21.3 Å². The lowest BCUT2D eigenvalue weighted by atomic mass is 9.90. The van der Waals surface area contributed by atoms with Gasteiger partial charge in [-0.05, 0) is 73.6 Å². The average molecular weight is 712 g/mol. The highest BCUT2D eigenvalue weighted by atomic mass is 32.1. The van der Waals surface area contributed by atoms with Crippen LogP contribution in [0.15, 0.2) is 58.5 Å². The molecule has 0 bridgehead atoms. The Morgan fingerprint density at radius 2 is 1.86 bits per heavy atom. The molecule has 5 aromatic rings. The summed E-state index contributed by atoms with van der Waals surface area (Å²) in [5.41, 5.74) is 5.54. The zero-order valence-electron chi connectivity index (χ0n) is 29.7. The molecule has 1 atom stereocenters. The Balaban J connectivity index is 0.00000406. The molecule has 2 fully saturated rings. The summed E-state index contributed by atoms with van der Waals surface area (Å²) >= 11 is 0. The van der Waals surface area contributed by atoms with Gasteiger partial charge in [0.25, 0.3) is 11.1 Å². The van der Waals surface area contributed by atoms with Crippen molar-refractivity contribution in [3.8, 4) is 16.9 Å². The molecule has 8 rings (SSSR count). The molecule has 13 nitrogen and oxygen atoms in total. The van der Waals surface area contributed by atoms with Crippen molar-refractivity contribution in [1.82, 2.24) is 33.6 Å². The highest BCUT2D eigenvalue weighted by Gasteiger charge is 2.34. The fraction of sp³-hybridized carbons (Fsp3) is 0.432. The van der Waals surface area contributed by atoms with Crippen LogP contribution in [0, 0.1) is 12.3 Å². The van der Waals surface area contributed by atoms with Crippen LogP contribution in [0.3, 0.4) is 0 Å². The lowest BCUT2D eigenvalue weighted by molar-refractivity contribution is -0.0691. The highest BCUT2D eigenvalue weighted by molar-refractivity contribution is 7.59. The molecule has 0 amide bonds. The summed E-state index contributed by atoms with van der Waals surface area (Å²) < 4.78 is 10.1. The number of aromatic nitrogens is 6. The number of anilines is 3. The monoisotopic (exact) mass is 711 g/mol. The number of rotatable bonds is 7. The van der Waals surface area contributed by atoms with Gasteiger partial charge in [-0.1, -0.05) is 13.8 Å². The molecule has 5 aromatic heterocycles. The summed E-state index contributed by atoms with van der Waals surface area (Å²) in [4.78, 5) is 41.3. The molecule has 1 aliphatic carbocycles. The van der Waals surface area contributed by atoms with E-state index in [9.17, 15) is 14.7 Å². The van der Waals surface area contributed by atoms with Gasteiger partial charge in [0.2, 0.25) is 0 Å². The van der Waals surface area contributed by atoms with Crippen LogP contribution in [0.25, 0.3) is 22.5 Å². The van der Waals surface area contributed by atoms with Crippen LogP contribution in [0.1, 0.15) is 43.4 Å². The van der Waals surface area contributed by atoms with Crippen LogP contribution in [0.2, 0.25) is 0 Å². The molecule has 0 aromatic carbocycles. The number of hydrogen-bond acceptors (Lipinski definition) is 10. The van der Waals surface area contributed by atoms with E-state index in [2.05, 4.69) is 51.0 Å². The Bertz CT molecular complexity index is 2240. The van der Waals surface area contributed by atoms with Gasteiger partial charge in [-0.15, -0.1) is 5.10 Å². The maximum Gasteiger partial charge on any atom is 0.297 e. The van der Waals surface area contributed by atoms with Crippen molar-refractivity contribution >= 4 is 36.2 Å². The van der Waals surface area contributed by atoms with Crippen LogP contribution in [0.4, 0.5) is 17.2 Å². The van der Waals surface area contributed by atoms with Gasteiger partial charge >= 0.3 is 0 Å². The van der Waals surface area contributed by atoms with E-state index >= 15 is 0 Å². The van der Waals surface area contributed by atoms with E-state index in [4.69, 9.17) is 4.74 Å². The first-order valence-corrected chi connectivity index (χ1v) is 17.3. The summed E-state index contributed by atoms with van der Waals surface area (Å²) in [6, 6.07) is 10.3. The smallest absolute Gasteiger partial charge is 0.297 e. The van der Waals surface area contributed by atoms with Gasteiger partial charge in [0.15, 0.2) is 5.82 Å². The minimum absolute atomic E-state index is 0. The second kappa shape index (κ2) is 13.2. The molecule has 2 N–H and O–H groups in total. The lowest BCUT2D eigenvalue weighted by Gasteiger charge is -2.46. The Hall–Kier alpha value is -4.50. The third-order valence-corrected chi connectivity index (χ3v) is 10.5. The molecule has 0 spiro atoms. The Labute approximate surface area is 303 Å². The number of aliphatic hydroxyl groups is 1. The first-order chi connectivity index (χ1) is 24.0. The number of nitrogens with one attached hydrogen (secondary N) is 1. The predicted molar refractivity (Wildman–Crippen MR) is 202 cm³/mol. The van der Waals surface area contributed by atoms with E-state index in [1.165, 1.54) is 14.8 Å². The summed E-state index contributed by atoms with van der Waals surface area (Å²) in [6.07, 6.45) is 6.92. The average Bonchev–Trinajstić information content (AvgIpc) is 3.56. The van der Waals surface area contributed by atoms with E-state index in [1.807, 2.05) is 35.7 Å². The van der Waals surface area contributed by atoms with Crippen molar-refractivity contribution in [3.05, 3.63) is 92.3 Å². The number of fused-ring (bicyclic) bond motifs is 3. The molecular weight excluding hydrogens is 667 g/mol. The maximum absolute atomic E-state index is 13.9. The molecular formula is C37H45N9O4S. The van der Waals surface area contributed by atoms with Crippen molar-refractivity contribution in [1.29, 1.82) is 0 Å². The van der Waals surface area contributed by atoms with Crippen LogP contribution in [-0.4, -0.2) is 83.7 Å². The molecule has 2 aliphatic heterocycles. The van der Waals surface area contributed by atoms with Gasteiger partial charge in [0, 0.05) is 61.9 Å². The van der Waals surface area contributed by atoms with Gasteiger partial charge in [-0.25, -0.2) is 9.97 Å². The largest absolute Gasteiger partial charge is 0.392 e. The third kappa shape index (κ3) is 6.13. The number of hydrogen-bond donors (Lipinski definition) is 2. The van der Waals surface area contributed by atoms with Crippen LogP contribution >= 0.6 is 13.5 Å². The first-order valence-electron chi connectivity index (χ1n) is 17.3. The molecule has 2 saturated heterocycles. The zero-order chi connectivity index (χ0) is 34.9. The molecule has 0 radical (unpaired) electrons. The minimum atomic E-state index is -0.391. The molecule has 0 saturated carbocycles. The summed E-state index contributed by atoms with van der Waals surface area (Å²) in [7, 11) is 1.68. The summed E-state index contributed by atoms with van der Waals surface area (Å²) in [5.74, 6) is 1.46.